The summed E-state index contributed by atoms with van der Waals surface area (Å²) in [6, 6.07) is 7.99. The molecule has 0 saturated carbocycles. The van der Waals surface area contributed by atoms with E-state index in [9.17, 15) is 4.79 Å². The molecule has 1 aromatic rings. The first-order valence-electron chi connectivity index (χ1n) is 6.96. The Morgan fingerprint density at radius 1 is 1.30 bits per heavy atom. The molecule has 0 radical (unpaired) electrons. The van der Waals surface area contributed by atoms with Crippen LogP contribution < -0.4 is 5.32 Å². The Balaban J connectivity index is 1.95. The zero-order valence-electron chi connectivity index (χ0n) is 11.9. The van der Waals surface area contributed by atoms with E-state index in [1.165, 1.54) is 0 Å². The van der Waals surface area contributed by atoms with Crippen molar-refractivity contribution in [3.05, 3.63) is 34.3 Å². The fraction of sp³-hybridized carbons (Fsp3) is 0.533. The SMILES string of the molecule is CC(N[C@@H](C)c1ccccc1Br)C(=O)N1CCOCC1. The highest BCUT2D eigenvalue weighted by Crippen LogP contribution is 2.23. The molecule has 110 valence electrons. The second kappa shape index (κ2) is 7.20. The van der Waals surface area contributed by atoms with Gasteiger partial charge < -0.3 is 9.64 Å². The van der Waals surface area contributed by atoms with Crippen molar-refractivity contribution < 1.29 is 9.53 Å². The molecule has 1 unspecified atom stereocenters. The van der Waals surface area contributed by atoms with Crippen molar-refractivity contribution in [1.82, 2.24) is 10.2 Å². The molecule has 4 nitrogen and oxygen atoms in total. The number of rotatable bonds is 4. The van der Waals surface area contributed by atoms with Crippen LogP contribution in [0.5, 0.6) is 0 Å². The van der Waals surface area contributed by atoms with E-state index in [0.717, 1.165) is 10.0 Å². The lowest BCUT2D eigenvalue weighted by atomic mass is 10.1. The molecule has 1 aliphatic rings. The highest BCUT2D eigenvalue weighted by Gasteiger charge is 2.24. The molecule has 1 aliphatic heterocycles. The standard InChI is InChI=1S/C15H21BrN2O2/c1-11(13-5-3-4-6-14(13)16)17-12(2)15(19)18-7-9-20-10-8-18/h3-6,11-12,17H,7-10H2,1-2H3/t11-,12?/m0/s1. The van der Waals surface area contributed by atoms with Crippen molar-refractivity contribution in [1.29, 1.82) is 0 Å². The molecule has 2 atom stereocenters. The first-order valence-corrected chi connectivity index (χ1v) is 7.76. The lowest BCUT2D eigenvalue weighted by Crippen LogP contribution is -2.49. The Morgan fingerprint density at radius 2 is 1.95 bits per heavy atom. The van der Waals surface area contributed by atoms with Crippen LogP contribution in [0.1, 0.15) is 25.5 Å². The molecule has 5 heteroatoms. The van der Waals surface area contributed by atoms with Crippen LogP contribution in [0.2, 0.25) is 0 Å². The molecule has 1 saturated heterocycles. The average molecular weight is 341 g/mol. The van der Waals surface area contributed by atoms with E-state index < -0.39 is 0 Å². The third kappa shape index (κ3) is 3.81. The van der Waals surface area contributed by atoms with E-state index >= 15 is 0 Å². The van der Waals surface area contributed by atoms with Crippen molar-refractivity contribution in [2.45, 2.75) is 25.9 Å². The van der Waals surface area contributed by atoms with Crippen LogP contribution in [-0.4, -0.2) is 43.2 Å². The summed E-state index contributed by atoms with van der Waals surface area (Å²) >= 11 is 3.55. The van der Waals surface area contributed by atoms with E-state index in [-0.39, 0.29) is 18.0 Å². The summed E-state index contributed by atoms with van der Waals surface area (Å²) in [6.45, 7) is 6.65. The molecule has 1 fully saturated rings. The number of carbonyl (C=O) groups is 1. The molecular weight excluding hydrogens is 320 g/mol. The van der Waals surface area contributed by atoms with Crippen LogP contribution in [0.15, 0.2) is 28.7 Å². The molecule has 1 aromatic carbocycles. The monoisotopic (exact) mass is 340 g/mol. The highest BCUT2D eigenvalue weighted by atomic mass is 79.9. The van der Waals surface area contributed by atoms with E-state index in [0.29, 0.717) is 26.3 Å². The van der Waals surface area contributed by atoms with Gasteiger partial charge in [0.2, 0.25) is 5.91 Å². The van der Waals surface area contributed by atoms with Crippen LogP contribution in [-0.2, 0) is 9.53 Å². The van der Waals surface area contributed by atoms with Gasteiger partial charge in [-0.3, -0.25) is 10.1 Å². The minimum atomic E-state index is -0.199. The summed E-state index contributed by atoms with van der Waals surface area (Å²) in [6.07, 6.45) is 0. The van der Waals surface area contributed by atoms with E-state index in [2.05, 4.69) is 34.2 Å². The predicted octanol–water partition coefficient (Wildman–Crippen LogP) is 2.35. The lowest BCUT2D eigenvalue weighted by Gasteiger charge is -2.30. The molecule has 1 N–H and O–H groups in total. The average Bonchev–Trinajstić information content (AvgIpc) is 2.47. The van der Waals surface area contributed by atoms with Crippen molar-refractivity contribution in [2.75, 3.05) is 26.3 Å². The summed E-state index contributed by atoms with van der Waals surface area (Å²) in [5.41, 5.74) is 1.16. The van der Waals surface area contributed by atoms with Crippen LogP contribution in [0.25, 0.3) is 0 Å². The lowest BCUT2D eigenvalue weighted by molar-refractivity contribution is -0.137. The first kappa shape index (κ1) is 15.5. The van der Waals surface area contributed by atoms with E-state index in [4.69, 9.17) is 4.74 Å². The second-order valence-electron chi connectivity index (χ2n) is 5.07. The second-order valence-corrected chi connectivity index (χ2v) is 5.92. The quantitative estimate of drug-likeness (QED) is 0.914. The number of morpholine rings is 1. The van der Waals surface area contributed by atoms with Crippen LogP contribution in [0.3, 0.4) is 0 Å². The number of halogens is 1. The smallest absolute Gasteiger partial charge is 0.239 e. The summed E-state index contributed by atoms with van der Waals surface area (Å²) < 4.78 is 6.34. The van der Waals surface area contributed by atoms with Crippen molar-refractivity contribution in [3.63, 3.8) is 0 Å². The van der Waals surface area contributed by atoms with Crippen LogP contribution in [0, 0.1) is 0 Å². The van der Waals surface area contributed by atoms with Crippen molar-refractivity contribution >= 4 is 21.8 Å². The van der Waals surface area contributed by atoms with Gasteiger partial charge in [0.05, 0.1) is 19.3 Å². The maximum absolute atomic E-state index is 12.3. The third-order valence-electron chi connectivity index (χ3n) is 3.56. The van der Waals surface area contributed by atoms with Gasteiger partial charge in [-0.15, -0.1) is 0 Å². The van der Waals surface area contributed by atoms with Gasteiger partial charge in [-0.05, 0) is 25.5 Å². The Labute approximate surface area is 128 Å². The largest absolute Gasteiger partial charge is 0.378 e. The number of ether oxygens (including phenoxy) is 1. The number of carbonyl (C=O) groups excluding carboxylic acids is 1. The van der Waals surface area contributed by atoms with Gasteiger partial charge in [0.1, 0.15) is 0 Å². The molecule has 0 bridgehead atoms. The number of hydrogen-bond donors (Lipinski definition) is 1. The maximum Gasteiger partial charge on any atom is 0.239 e. The topological polar surface area (TPSA) is 41.6 Å². The number of nitrogens with one attached hydrogen (secondary N) is 1. The summed E-state index contributed by atoms with van der Waals surface area (Å²) in [7, 11) is 0. The maximum atomic E-state index is 12.3. The molecule has 0 aliphatic carbocycles. The predicted molar refractivity (Wildman–Crippen MR) is 82.6 cm³/mol. The first-order chi connectivity index (χ1) is 9.59. The Morgan fingerprint density at radius 3 is 2.60 bits per heavy atom. The Hall–Kier alpha value is -0.910. The van der Waals surface area contributed by atoms with Gasteiger partial charge in [0.15, 0.2) is 0 Å². The van der Waals surface area contributed by atoms with Gasteiger partial charge in [-0.25, -0.2) is 0 Å². The van der Waals surface area contributed by atoms with E-state index in [1.807, 2.05) is 30.0 Å². The van der Waals surface area contributed by atoms with Crippen molar-refractivity contribution in [2.24, 2.45) is 0 Å². The summed E-state index contributed by atoms with van der Waals surface area (Å²) in [4.78, 5) is 14.2. The minimum Gasteiger partial charge on any atom is -0.378 e. The molecule has 1 heterocycles. The van der Waals surface area contributed by atoms with Gasteiger partial charge in [0.25, 0.3) is 0 Å². The fourth-order valence-corrected chi connectivity index (χ4v) is 3.05. The number of amides is 1. The van der Waals surface area contributed by atoms with Crippen LogP contribution >= 0.6 is 15.9 Å². The van der Waals surface area contributed by atoms with Gasteiger partial charge >= 0.3 is 0 Å². The number of hydrogen-bond acceptors (Lipinski definition) is 3. The van der Waals surface area contributed by atoms with Crippen LogP contribution in [0.4, 0.5) is 0 Å². The molecule has 20 heavy (non-hydrogen) atoms. The third-order valence-corrected chi connectivity index (χ3v) is 4.29. The molecule has 0 aromatic heterocycles. The van der Waals surface area contributed by atoms with Gasteiger partial charge in [-0.2, -0.15) is 0 Å². The zero-order chi connectivity index (χ0) is 14.5. The number of nitrogens with zero attached hydrogens (tertiary/aromatic N) is 1. The highest BCUT2D eigenvalue weighted by molar-refractivity contribution is 9.10. The Kier molecular flexibility index (Phi) is 5.57. The zero-order valence-corrected chi connectivity index (χ0v) is 13.5. The summed E-state index contributed by atoms with van der Waals surface area (Å²) in [5, 5.41) is 3.37. The molecule has 2 rings (SSSR count). The number of benzene rings is 1. The Bertz CT molecular complexity index is 461. The fourth-order valence-electron chi connectivity index (χ4n) is 2.42. The molecular formula is C15H21BrN2O2. The molecule has 0 spiro atoms. The van der Waals surface area contributed by atoms with Gasteiger partial charge in [0, 0.05) is 23.6 Å². The van der Waals surface area contributed by atoms with Gasteiger partial charge in [-0.1, -0.05) is 34.1 Å². The minimum absolute atomic E-state index is 0.116. The molecule has 1 amide bonds. The van der Waals surface area contributed by atoms with Crippen molar-refractivity contribution in [3.8, 4) is 0 Å². The summed E-state index contributed by atoms with van der Waals surface area (Å²) in [5.74, 6) is 0.146. The normalized spacial score (nSPS) is 18.6. The van der Waals surface area contributed by atoms with E-state index in [1.54, 1.807) is 0 Å².